The zero-order valence-electron chi connectivity index (χ0n) is 14.3. The third-order valence-corrected chi connectivity index (χ3v) is 4.85. The van der Waals surface area contributed by atoms with Crippen LogP contribution in [0.3, 0.4) is 0 Å². The average molecular weight is 372 g/mol. The molecule has 0 aliphatic carbocycles. The van der Waals surface area contributed by atoms with Gasteiger partial charge in [-0.15, -0.1) is 10.2 Å². The van der Waals surface area contributed by atoms with Crippen molar-refractivity contribution in [2.45, 2.75) is 38.1 Å². The number of benzene rings is 1. The Kier molecular flexibility index (Phi) is 5.76. The highest BCUT2D eigenvalue weighted by Crippen LogP contribution is 2.29. The van der Waals surface area contributed by atoms with Crippen LogP contribution in [0.2, 0.25) is 0 Å². The van der Waals surface area contributed by atoms with Gasteiger partial charge in [0.25, 0.3) is 0 Å². The second-order valence-electron chi connectivity index (χ2n) is 5.78. The van der Waals surface area contributed by atoms with Gasteiger partial charge in [-0.2, -0.15) is 13.2 Å². The molecular weight excluding hydrogens is 353 g/mol. The van der Waals surface area contributed by atoms with E-state index in [0.717, 1.165) is 27.5 Å². The van der Waals surface area contributed by atoms with Gasteiger partial charge in [-0.3, -0.25) is 4.79 Å². The van der Waals surface area contributed by atoms with E-state index in [4.69, 9.17) is 0 Å². The maximum Gasteiger partial charge on any atom is 0.451 e. The molecule has 0 bridgehead atoms. The summed E-state index contributed by atoms with van der Waals surface area (Å²) >= 11 is 0.912. The van der Waals surface area contributed by atoms with Crippen molar-refractivity contribution < 1.29 is 18.0 Å². The minimum Gasteiger partial charge on any atom is -0.349 e. The molecule has 0 saturated carbocycles. The number of carbonyl (C=O) groups excluding carboxylic acids is 1. The highest BCUT2D eigenvalue weighted by Gasteiger charge is 2.37. The highest BCUT2D eigenvalue weighted by molar-refractivity contribution is 7.99. The molecular formula is C16H19F3N4OS. The van der Waals surface area contributed by atoms with Gasteiger partial charge < -0.3 is 9.88 Å². The van der Waals surface area contributed by atoms with Crippen LogP contribution in [0, 0.1) is 13.8 Å². The first-order chi connectivity index (χ1) is 11.6. The molecule has 2 rings (SSSR count). The summed E-state index contributed by atoms with van der Waals surface area (Å²) in [6, 6.07) is 5.74. The quantitative estimate of drug-likeness (QED) is 0.817. The van der Waals surface area contributed by atoms with Gasteiger partial charge >= 0.3 is 6.18 Å². The Morgan fingerprint density at radius 1 is 1.28 bits per heavy atom. The van der Waals surface area contributed by atoms with Crippen LogP contribution < -0.4 is 5.32 Å². The third-order valence-electron chi connectivity index (χ3n) is 3.83. The first kappa shape index (κ1) is 19.3. The molecule has 1 amide bonds. The Balaban J connectivity index is 1.94. The lowest BCUT2D eigenvalue weighted by Gasteiger charge is -2.15. The third kappa shape index (κ3) is 4.75. The summed E-state index contributed by atoms with van der Waals surface area (Å²) in [6.45, 7) is 5.86. The maximum atomic E-state index is 12.7. The van der Waals surface area contributed by atoms with Gasteiger partial charge in [0.2, 0.25) is 11.7 Å². The number of aromatic nitrogens is 3. The van der Waals surface area contributed by atoms with Crippen LogP contribution in [0.25, 0.3) is 0 Å². The molecule has 25 heavy (non-hydrogen) atoms. The number of hydrogen-bond donors (Lipinski definition) is 1. The molecule has 0 aliphatic heterocycles. The summed E-state index contributed by atoms with van der Waals surface area (Å²) < 4.78 is 38.8. The SMILES string of the molecule is Cc1ccc([C@@H](C)NC(=O)CSc2nnc(C(F)(F)F)n2C)cc1C. The fourth-order valence-electron chi connectivity index (χ4n) is 2.22. The lowest BCUT2D eigenvalue weighted by molar-refractivity contribution is -0.147. The zero-order valence-corrected chi connectivity index (χ0v) is 15.1. The normalized spacial score (nSPS) is 12.9. The van der Waals surface area contributed by atoms with Crippen molar-refractivity contribution in [1.82, 2.24) is 20.1 Å². The zero-order chi connectivity index (χ0) is 18.8. The number of nitrogens with zero attached hydrogens (tertiary/aromatic N) is 3. The number of nitrogens with one attached hydrogen (secondary N) is 1. The lowest BCUT2D eigenvalue weighted by atomic mass is 10.0. The van der Waals surface area contributed by atoms with Crippen molar-refractivity contribution in [2.24, 2.45) is 7.05 Å². The summed E-state index contributed by atoms with van der Waals surface area (Å²) in [5.74, 6) is -1.41. The predicted molar refractivity (Wildman–Crippen MR) is 89.2 cm³/mol. The topological polar surface area (TPSA) is 59.8 Å². The number of thioether (sulfide) groups is 1. The van der Waals surface area contributed by atoms with E-state index in [9.17, 15) is 18.0 Å². The van der Waals surface area contributed by atoms with E-state index in [0.29, 0.717) is 0 Å². The summed E-state index contributed by atoms with van der Waals surface area (Å²) in [4.78, 5) is 12.1. The first-order valence-corrected chi connectivity index (χ1v) is 8.54. The smallest absolute Gasteiger partial charge is 0.349 e. The fraction of sp³-hybridized carbons (Fsp3) is 0.438. The lowest BCUT2D eigenvalue weighted by Crippen LogP contribution is -2.28. The van der Waals surface area contributed by atoms with E-state index in [2.05, 4.69) is 15.5 Å². The van der Waals surface area contributed by atoms with Gasteiger partial charge in [-0.25, -0.2) is 0 Å². The van der Waals surface area contributed by atoms with Crippen LogP contribution >= 0.6 is 11.8 Å². The first-order valence-electron chi connectivity index (χ1n) is 7.55. The Labute approximate surface area is 148 Å². The molecule has 1 atom stereocenters. The van der Waals surface area contributed by atoms with Crippen molar-refractivity contribution in [3.05, 3.63) is 40.7 Å². The van der Waals surface area contributed by atoms with Crippen molar-refractivity contribution in [2.75, 3.05) is 5.75 Å². The van der Waals surface area contributed by atoms with E-state index >= 15 is 0 Å². The molecule has 1 N–H and O–H groups in total. The number of halogens is 3. The number of aryl methyl sites for hydroxylation is 2. The van der Waals surface area contributed by atoms with Crippen LogP contribution in [-0.4, -0.2) is 26.4 Å². The molecule has 5 nitrogen and oxygen atoms in total. The van der Waals surface area contributed by atoms with Crippen molar-refractivity contribution in [3.63, 3.8) is 0 Å². The number of amides is 1. The highest BCUT2D eigenvalue weighted by atomic mass is 32.2. The van der Waals surface area contributed by atoms with Crippen LogP contribution in [0.5, 0.6) is 0 Å². The average Bonchev–Trinajstić information content (AvgIpc) is 2.89. The molecule has 1 aromatic heterocycles. The van der Waals surface area contributed by atoms with E-state index < -0.39 is 12.0 Å². The van der Waals surface area contributed by atoms with E-state index in [-0.39, 0.29) is 22.9 Å². The number of hydrogen-bond acceptors (Lipinski definition) is 4. The van der Waals surface area contributed by atoms with Crippen LogP contribution in [-0.2, 0) is 18.0 Å². The summed E-state index contributed by atoms with van der Waals surface area (Å²) in [5, 5.41) is 9.49. The van der Waals surface area contributed by atoms with Gasteiger partial charge in [0.1, 0.15) is 0 Å². The second kappa shape index (κ2) is 7.47. The number of rotatable bonds is 5. The molecule has 2 aromatic rings. The second-order valence-corrected chi connectivity index (χ2v) is 6.73. The van der Waals surface area contributed by atoms with Gasteiger partial charge in [0.15, 0.2) is 5.16 Å². The van der Waals surface area contributed by atoms with Gasteiger partial charge in [0, 0.05) is 7.05 Å². The standard InChI is InChI=1S/C16H19F3N4OS/c1-9-5-6-12(7-10(9)2)11(3)20-13(24)8-25-15-22-21-14(23(15)4)16(17,18)19/h5-7,11H,8H2,1-4H3,(H,20,24)/t11-/m1/s1. The molecule has 0 spiro atoms. The van der Waals surface area contributed by atoms with E-state index in [1.165, 1.54) is 12.6 Å². The molecule has 0 saturated heterocycles. The van der Waals surface area contributed by atoms with E-state index in [1.807, 2.05) is 39.0 Å². The van der Waals surface area contributed by atoms with E-state index in [1.54, 1.807) is 0 Å². The van der Waals surface area contributed by atoms with Crippen molar-refractivity contribution in [1.29, 1.82) is 0 Å². The molecule has 0 unspecified atom stereocenters. The van der Waals surface area contributed by atoms with Gasteiger partial charge in [0.05, 0.1) is 11.8 Å². The summed E-state index contributed by atoms with van der Waals surface area (Å²) in [7, 11) is 1.22. The van der Waals surface area contributed by atoms with Gasteiger partial charge in [-0.1, -0.05) is 30.0 Å². The maximum absolute atomic E-state index is 12.7. The van der Waals surface area contributed by atoms with Crippen molar-refractivity contribution >= 4 is 17.7 Å². The molecule has 0 radical (unpaired) electrons. The molecule has 136 valence electrons. The molecule has 0 fully saturated rings. The largest absolute Gasteiger partial charge is 0.451 e. The Morgan fingerprint density at radius 2 is 1.96 bits per heavy atom. The molecule has 0 aliphatic rings. The van der Waals surface area contributed by atoms with Crippen molar-refractivity contribution in [3.8, 4) is 0 Å². The number of carbonyl (C=O) groups is 1. The monoisotopic (exact) mass is 372 g/mol. The van der Waals surface area contributed by atoms with Crippen LogP contribution in [0.15, 0.2) is 23.4 Å². The Bertz CT molecular complexity index is 773. The Morgan fingerprint density at radius 3 is 2.52 bits per heavy atom. The Hall–Kier alpha value is -2.03. The molecule has 9 heteroatoms. The minimum atomic E-state index is -4.57. The van der Waals surface area contributed by atoms with Crippen LogP contribution in [0.4, 0.5) is 13.2 Å². The molecule has 1 aromatic carbocycles. The number of alkyl halides is 3. The predicted octanol–water partition coefficient (Wildman–Crippen LogP) is 3.42. The molecule has 1 heterocycles. The fourth-order valence-corrected chi connectivity index (χ4v) is 2.94. The van der Waals surface area contributed by atoms with Gasteiger partial charge in [-0.05, 0) is 37.5 Å². The minimum absolute atomic E-state index is 0.0426. The summed E-state index contributed by atoms with van der Waals surface area (Å²) in [6.07, 6.45) is -4.57. The summed E-state index contributed by atoms with van der Waals surface area (Å²) in [5.41, 5.74) is 3.27. The van der Waals surface area contributed by atoms with Crippen LogP contribution in [0.1, 0.15) is 35.5 Å².